The van der Waals surface area contributed by atoms with Gasteiger partial charge in [-0.25, -0.2) is 12.8 Å². The minimum absolute atomic E-state index is 0.165. The zero-order valence-corrected chi connectivity index (χ0v) is 16.5. The van der Waals surface area contributed by atoms with Crippen molar-refractivity contribution in [3.05, 3.63) is 65.0 Å². The molecule has 0 amide bonds. The van der Waals surface area contributed by atoms with Gasteiger partial charge in [-0.1, -0.05) is 13.0 Å². The SMILES string of the molecule is CCC1(C)OC(c2ccc(S(C)(=O)=O)cc2)=C(c2ccc(F)cc2C)C1=O. The summed E-state index contributed by atoms with van der Waals surface area (Å²) in [5.74, 6) is -0.151. The third kappa shape index (κ3) is 3.41. The van der Waals surface area contributed by atoms with Crippen LogP contribution >= 0.6 is 0 Å². The van der Waals surface area contributed by atoms with Crippen LogP contribution in [0.5, 0.6) is 0 Å². The van der Waals surface area contributed by atoms with Gasteiger partial charge in [-0.3, -0.25) is 4.79 Å². The number of carbonyl (C=O) groups excluding carboxylic acids is 1. The molecule has 0 N–H and O–H groups in total. The fourth-order valence-corrected chi connectivity index (χ4v) is 3.76. The lowest BCUT2D eigenvalue weighted by atomic mass is 9.88. The molecule has 0 bridgehead atoms. The number of rotatable bonds is 4. The van der Waals surface area contributed by atoms with E-state index in [-0.39, 0.29) is 16.5 Å². The number of aryl methyl sites for hydroxylation is 1. The Hall–Kier alpha value is -2.47. The Morgan fingerprint density at radius 3 is 2.26 bits per heavy atom. The van der Waals surface area contributed by atoms with E-state index in [1.54, 1.807) is 32.0 Å². The molecule has 0 aromatic heterocycles. The molecule has 3 rings (SSSR count). The Morgan fingerprint density at radius 2 is 1.74 bits per heavy atom. The van der Waals surface area contributed by atoms with Gasteiger partial charge >= 0.3 is 0 Å². The number of ether oxygens (including phenoxy) is 1. The predicted octanol–water partition coefficient (Wildman–Crippen LogP) is 4.17. The fraction of sp³-hybridized carbons (Fsp3) is 0.286. The maximum Gasteiger partial charge on any atom is 0.210 e. The standard InChI is InChI=1S/C21H21FO4S/c1-5-21(3)20(23)18(17-11-8-15(22)12-13(17)2)19(26-21)14-6-9-16(10-7-14)27(4,24)25/h6-12H,5H2,1-4H3. The van der Waals surface area contributed by atoms with Crippen LogP contribution in [0.15, 0.2) is 47.4 Å². The van der Waals surface area contributed by atoms with Crippen LogP contribution in [-0.4, -0.2) is 26.1 Å². The third-order valence-electron chi connectivity index (χ3n) is 4.94. The Kier molecular flexibility index (Phi) is 4.72. The van der Waals surface area contributed by atoms with Gasteiger partial charge in [-0.05, 0) is 67.8 Å². The lowest BCUT2D eigenvalue weighted by Crippen LogP contribution is -2.32. The van der Waals surface area contributed by atoms with Crippen molar-refractivity contribution >= 4 is 27.0 Å². The van der Waals surface area contributed by atoms with Gasteiger partial charge in [-0.2, -0.15) is 0 Å². The van der Waals surface area contributed by atoms with Crippen molar-refractivity contribution in [3.8, 4) is 0 Å². The van der Waals surface area contributed by atoms with Crippen LogP contribution in [0.3, 0.4) is 0 Å². The average molecular weight is 388 g/mol. The molecule has 1 heterocycles. The van der Waals surface area contributed by atoms with Crippen molar-refractivity contribution in [1.82, 2.24) is 0 Å². The largest absolute Gasteiger partial charge is 0.478 e. The number of sulfone groups is 1. The fourth-order valence-electron chi connectivity index (χ4n) is 3.13. The number of ketones is 1. The van der Waals surface area contributed by atoms with Crippen molar-refractivity contribution in [2.75, 3.05) is 6.26 Å². The van der Waals surface area contributed by atoms with Crippen molar-refractivity contribution in [1.29, 1.82) is 0 Å². The molecule has 0 spiro atoms. The molecule has 4 nitrogen and oxygen atoms in total. The van der Waals surface area contributed by atoms with E-state index in [2.05, 4.69) is 0 Å². The number of Topliss-reactive ketones (excluding diaryl/α,β-unsaturated/α-hetero) is 1. The first kappa shape index (κ1) is 19.3. The highest BCUT2D eigenvalue weighted by Gasteiger charge is 2.45. The van der Waals surface area contributed by atoms with Gasteiger partial charge in [0.1, 0.15) is 11.6 Å². The van der Waals surface area contributed by atoms with Crippen molar-refractivity contribution in [2.45, 2.75) is 37.7 Å². The third-order valence-corrected chi connectivity index (χ3v) is 6.07. The van der Waals surface area contributed by atoms with E-state index in [4.69, 9.17) is 4.74 Å². The van der Waals surface area contributed by atoms with Gasteiger partial charge in [-0.15, -0.1) is 0 Å². The number of benzene rings is 2. The summed E-state index contributed by atoms with van der Waals surface area (Å²) in [7, 11) is -3.32. The molecule has 1 unspecified atom stereocenters. The first-order chi connectivity index (χ1) is 12.6. The number of carbonyl (C=O) groups is 1. The van der Waals surface area contributed by atoms with Gasteiger partial charge in [0.2, 0.25) is 5.78 Å². The highest BCUT2D eigenvalue weighted by atomic mass is 32.2. The summed E-state index contributed by atoms with van der Waals surface area (Å²) in [6.07, 6.45) is 1.61. The van der Waals surface area contributed by atoms with Crippen LogP contribution in [-0.2, 0) is 19.4 Å². The second-order valence-corrected chi connectivity index (χ2v) is 8.99. The maximum atomic E-state index is 13.5. The van der Waals surface area contributed by atoms with E-state index in [9.17, 15) is 17.6 Å². The van der Waals surface area contributed by atoms with Crippen LogP contribution in [0, 0.1) is 12.7 Å². The molecule has 0 radical (unpaired) electrons. The average Bonchev–Trinajstić information content (AvgIpc) is 2.87. The molecule has 1 atom stereocenters. The Bertz CT molecular complexity index is 1050. The second kappa shape index (κ2) is 6.60. The summed E-state index contributed by atoms with van der Waals surface area (Å²) in [4.78, 5) is 13.3. The summed E-state index contributed by atoms with van der Waals surface area (Å²) in [6, 6.07) is 10.5. The molecule has 1 aliphatic heterocycles. The van der Waals surface area contributed by atoms with Crippen LogP contribution in [0.1, 0.15) is 37.0 Å². The summed E-state index contributed by atoms with van der Waals surface area (Å²) in [5, 5.41) is 0. The van der Waals surface area contributed by atoms with Gasteiger partial charge in [0.15, 0.2) is 15.4 Å². The number of hydrogen-bond acceptors (Lipinski definition) is 4. The van der Waals surface area contributed by atoms with Gasteiger partial charge in [0, 0.05) is 11.8 Å². The normalized spacial score (nSPS) is 20.1. The monoisotopic (exact) mass is 388 g/mol. The summed E-state index contributed by atoms with van der Waals surface area (Å²) < 4.78 is 43.0. The van der Waals surface area contributed by atoms with E-state index in [1.165, 1.54) is 24.3 Å². The lowest BCUT2D eigenvalue weighted by Gasteiger charge is -2.21. The topological polar surface area (TPSA) is 60.4 Å². The quantitative estimate of drug-likeness (QED) is 0.789. The highest BCUT2D eigenvalue weighted by Crippen LogP contribution is 2.43. The maximum absolute atomic E-state index is 13.5. The van der Waals surface area contributed by atoms with Gasteiger partial charge in [0.05, 0.1) is 10.5 Å². The molecule has 142 valence electrons. The van der Waals surface area contributed by atoms with Gasteiger partial charge < -0.3 is 4.74 Å². The molecule has 2 aromatic rings. The summed E-state index contributed by atoms with van der Waals surface area (Å²) >= 11 is 0. The Morgan fingerprint density at radius 1 is 1.11 bits per heavy atom. The zero-order valence-electron chi connectivity index (χ0n) is 15.7. The summed E-state index contributed by atoms with van der Waals surface area (Å²) in [6.45, 7) is 5.33. The minimum Gasteiger partial charge on any atom is -0.478 e. The molecule has 6 heteroatoms. The molecule has 0 saturated heterocycles. The van der Waals surface area contributed by atoms with Crippen LogP contribution in [0.4, 0.5) is 4.39 Å². The number of hydrogen-bond donors (Lipinski definition) is 0. The van der Waals surface area contributed by atoms with Crippen molar-refractivity contribution < 1.29 is 22.3 Å². The van der Waals surface area contributed by atoms with Crippen molar-refractivity contribution in [2.24, 2.45) is 0 Å². The van der Waals surface area contributed by atoms with E-state index in [0.717, 1.165) is 6.26 Å². The molecule has 0 aliphatic carbocycles. The predicted molar refractivity (Wildman–Crippen MR) is 102 cm³/mol. The molecular formula is C21H21FO4S. The van der Waals surface area contributed by atoms with E-state index >= 15 is 0 Å². The van der Waals surface area contributed by atoms with E-state index < -0.39 is 15.4 Å². The summed E-state index contributed by atoms with van der Waals surface area (Å²) in [5.41, 5.74) is 1.23. The highest BCUT2D eigenvalue weighted by molar-refractivity contribution is 7.90. The van der Waals surface area contributed by atoms with Gasteiger partial charge in [0.25, 0.3) is 0 Å². The van der Waals surface area contributed by atoms with E-state index in [1.807, 2.05) is 6.92 Å². The first-order valence-corrected chi connectivity index (χ1v) is 10.5. The molecule has 27 heavy (non-hydrogen) atoms. The molecular weight excluding hydrogens is 367 g/mol. The van der Waals surface area contributed by atoms with Crippen molar-refractivity contribution in [3.63, 3.8) is 0 Å². The molecule has 1 aliphatic rings. The van der Waals surface area contributed by atoms with E-state index in [0.29, 0.717) is 34.4 Å². The Balaban J connectivity index is 2.21. The first-order valence-electron chi connectivity index (χ1n) is 8.62. The van der Waals surface area contributed by atoms with Crippen LogP contribution < -0.4 is 0 Å². The molecule has 0 fully saturated rings. The molecule has 0 saturated carbocycles. The number of halogens is 1. The minimum atomic E-state index is -3.32. The second-order valence-electron chi connectivity index (χ2n) is 6.98. The smallest absolute Gasteiger partial charge is 0.210 e. The van der Waals surface area contributed by atoms with Crippen LogP contribution in [0.2, 0.25) is 0 Å². The lowest BCUT2D eigenvalue weighted by molar-refractivity contribution is -0.126. The Labute approximate surface area is 158 Å². The zero-order chi connectivity index (χ0) is 20.0. The van der Waals surface area contributed by atoms with Crippen LogP contribution in [0.25, 0.3) is 11.3 Å². The molecule has 2 aromatic carbocycles.